The maximum atomic E-state index is 11.6. The van der Waals surface area contributed by atoms with E-state index in [-0.39, 0.29) is 12.0 Å². The number of rotatable bonds is 4. The molecule has 0 atom stereocenters. The Morgan fingerprint density at radius 1 is 1.45 bits per heavy atom. The molecule has 20 heavy (non-hydrogen) atoms. The number of amides is 1. The number of carbonyl (C=O) groups is 1. The number of oxazole rings is 1. The maximum absolute atomic E-state index is 11.6. The molecule has 1 aromatic heterocycles. The summed E-state index contributed by atoms with van der Waals surface area (Å²) in [4.78, 5) is 15.9. The summed E-state index contributed by atoms with van der Waals surface area (Å²) in [5.41, 5.74) is 1.48. The molecule has 1 heterocycles. The second kappa shape index (κ2) is 5.46. The van der Waals surface area contributed by atoms with Crippen molar-refractivity contribution in [1.82, 2.24) is 10.3 Å². The monoisotopic (exact) mass is 272 g/mol. The van der Waals surface area contributed by atoms with Crippen LogP contribution in [-0.4, -0.2) is 28.6 Å². The van der Waals surface area contributed by atoms with Crippen molar-refractivity contribution in [2.45, 2.75) is 18.9 Å². The molecule has 1 aliphatic carbocycles. The zero-order chi connectivity index (χ0) is 13.9. The fourth-order valence-electron chi connectivity index (χ4n) is 2.28. The summed E-state index contributed by atoms with van der Waals surface area (Å²) in [6, 6.07) is 7.46. The van der Waals surface area contributed by atoms with Gasteiger partial charge in [0.05, 0.1) is 6.10 Å². The Labute approximate surface area is 116 Å². The summed E-state index contributed by atoms with van der Waals surface area (Å²) in [5, 5.41) is 12.0. The van der Waals surface area contributed by atoms with Crippen LogP contribution in [0.5, 0.6) is 0 Å². The first-order valence-electron chi connectivity index (χ1n) is 6.70. The fourth-order valence-corrected chi connectivity index (χ4v) is 2.28. The van der Waals surface area contributed by atoms with Crippen LogP contribution >= 0.6 is 0 Å². The number of hydrogen-bond acceptors (Lipinski definition) is 4. The minimum Gasteiger partial charge on any atom is -0.437 e. The van der Waals surface area contributed by atoms with Crippen molar-refractivity contribution < 1.29 is 14.3 Å². The van der Waals surface area contributed by atoms with Gasteiger partial charge < -0.3 is 14.8 Å². The number of fused-ring (bicyclic) bond motifs is 1. The van der Waals surface area contributed by atoms with Gasteiger partial charge in [-0.3, -0.25) is 4.79 Å². The molecule has 0 saturated heterocycles. The number of aliphatic hydroxyl groups is 1. The van der Waals surface area contributed by atoms with Crippen LogP contribution in [0.25, 0.3) is 17.2 Å². The maximum Gasteiger partial charge on any atom is 0.244 e. The third-order valence-corrected chi connectivity index (χ3v) is 3.46. The van der Waals surface area contributed by atoms with Gasteiger partial charge in [0, 0.05) is 18.7 Å². The molecular weight excluding hydrogens is 256 g/mol. The minimum atomic E-state index is -0.188. The van der Waals surface area contributed by atoms with Crippen LogP contribution in [0, 0.1) is 5.92 Å². The van der Waals surface area contributed by atoms with Crippen LogP contribution in [-0.2, 0) is 4.79 Å². The Morgan fingerprint density at radius 3 is 3.00 bits per heavy atom. The average molecular weight is 272 g/mol. The Kier molecular flexibility index (Phi) is 3.52. The van der Waals surface area contributed by atoms with Crippen molar-refractivity contribution in [2.75, 3.05) is 6.54 Å². The molecule has 0 radical (unpaired) electrons. The molecule has 0 unspecified atom stereocenters. The first kappa shape index (κ1) is 12.9. The molecule has 2 N–H and O–H groups in total. The van der Waals surface area contributed by atoms with E-state index in [4.69, 9.17) is 9.52 Å². The van der Waals surface area contributed by atoms with Crippen molar-refractivity contribution >= 4 is 23.1 Å². The first-order valence-corrected chi connectivity index (χ1v) is 6.70. The lowest BCUT2D eigenvalue weighted by Gasteiger charge is -2.31. The van der Waals surface area contributed by atoms with E-state index in [2.05, 4.69) is 10.3 Å². The normalized spacial score (nSPS) is 22.1. The summed E-state index contributed by atoms with van der Waals surface area (Å²) in [5.74, 6) is 0.640. The van der Waals surface area contributed by atoms with Crippen LogP contribution in [0.3, 0.4) is 0 Å². The quantitative estimate of drug-likeness (QED) is 0.831. The second-order valence-electron chi connectivity index (χ2n) is 5.09. The van der Waals surface area contributed by atoms with Gasteiger partial charge in [0.2, 0.25) is 11.8 Å². The van der Waals surface area contributed by atoms with E-state index < -0.39 is 0 Å². The number of hydrogen-bond donors (Lipinski definition) is 2. The molecule has 0 aliphatic heterocycles. The van der Waals surface area contributed by atoms with Gasteiger partial charge in [0.25, 0.3) is 0 Å². The summed E-state index contributed by atoms with van der Waals surface area (Å²) in [6.07, 6.45) is 4.34. The van der Waals surface area contributed by atoms with Gasteiger partial charge in [0.15, 0.2) is 5.58 Å². The van der Waals surface area contributed by atoms with Gasteiger partial charge >= 0.3 is 0 Å². The Morgan fingerprint density at radius 2 is 2.25 bits per heavy atom. The Bertz CT molecular complexity index is 608. The van der Waals surface area contributed by atoms with E-state index >= 15 is 0 Å². The Hall–Kier alpha value is -2.14. The van der Waals surface area contributed by atoms with E-state index in [9.17, 15) is 4.79 Å². The molecule has 5 nitrogen and oxygen atoms in total. The molecule has 104 valence electrons. The van der Waals surface area contributed by atoms with Gasteiger partial charge in [0.1, 0.15) is 5.52 Å². The van der Waals surface area contributed by atoms with Crippen LogP contribution in [0.15, 0.2) is 34.8 Å². The SMILES string of the molecule is O=C(C=Cc1nc2ccccc2o1)NCC1CC(O)C1. The highest BCUT2D eigenvalue weighted by Crippen LogP contribution is 2.26. The highest BCUT2D eigenvalue weighted by Gasteiger charge is 2.26. The number of nitrogens with one attached hydrogen (secondary N) is 1. The standard InChI is InChI=1S/C15H16N2O3/c18-11-7-10(8-11)9-16-14(19)5-6-15-17-12-3-1-2-4-13(12)20-15/h1-6,10-11,18H,7-9H2,(H,16,19). The lowest BCUT2D eigenvalue weighted by atomic mass is 9.82. The van der Waals surface area contributed by atoms with Crippen molar-refractivity contribution in [3.63, 3.8) is 0 Å². The van der Waals surface area contributed by atoms with E-state index in [1.54, 1.807) is 6.08 Å². The summed E-state index contributed by atoms with van der Waals surface area (Å²) in [6.45, 7) is 0.605. The molecule has 1 fully saturated rings. The van der Waals surface area contributed by atoms with E-state index in [0.717, 1.165) is 18.4 Å². The zero-order valence-corrected chi connectivity index (χ0v) is 11.0. The van der Waals surface area contributed by atoms with E-state index in [1.165, 1.54) is 6.08 Å². The smallest absolute Gasteiger partial charge is 0.244 e. The number of nitrogens with zero attached hydrogens (tertiary/aromatic N) is 1. The predicted molar refractivity (Wildman–Crippen MR) is 74.8 cm³/mol. The molecule has 1 aliphatic rings. The lowest BCUT2D eigenvalue weighted by molar-refractivity contribution is -0.117. The number of aliphatic hydroxyl groups excluding tert-OH is 1. The average Bonchev–Trinajstić information content (AvgIpc) is 2.83. The topological polar surface area (TPSA) is 75.4 Å². The number of para-hydroxylation sites is 2. The van der Waals surface area contributed by atoms with Crippen molar-refractivity contribution in [1.29, 1.82) is 0 Å². The predicted octanol–water partition coefficient (Wildman–Crippen LogP) is 1.73. The second-order valence-corrected chi connectivity index (χ2v) is 5.09. The van der Waals surface area contributed by atoms with Gasteiger partial charge in [-0.15, -0.1) is 0 Å². The van der Waals surface area contributed by atoms with E-state index in [0.29, 0.717) is 23.9 Å². The molecule has 1 amide bonds. The molecule has 2 aromatic rings. The van der Waals surface area contributed by atoms with Crippen LogP contribution in [0.1, 0.15) is 18.7 Å². The van der Waals surface area contributed by atoms with Crippen molar-refractivity contribution in [3.05, 3.63) is 36.2 Å². The molecule has 0 bridgehead atoms. The summed E-state index contributed by atoms with van der Waals surface area (Å²) < 4.78 is 5.48. The molecule has 3 rings (SSSR count). The number of carbonyl (C=O) groups excluding carboxylic acids is 1. The van der Waals surface area contributed by atoms with Crippen molar-refractivity contribution in [3.8, 4) is 0 Å². The highest BCUT2D eigenvalue weighted by atomic mass is 16.3. The fraction of sp³-hybridized carbons (Fsp3) is 0.333. The molecular formula is C15H16N2O3. The molecule has 1 aromatic carbocycles. The molecule has 1 saturated carbocycles. The highest BCUT2D eigenvalue weighted by molar-refractivity contribution is 5.91. The summed E-state index contributed by atoms with van der Waals surface area (Å²) >= 11 is 0. The third kappa shape index (κ3) is 2.88. The zero-order valence-electron chi connectivity index (χ0n) is 11.0. The Balaban J connectivity index is 1.54. The van der Waals surface area contributed by atoms with Gasteiger partial charge in [-0.25, -0.2) is 4.98 Å². The van der Waals surface area contributed by atoms with Crippen molar-refractivity contribution in [2.24, 2.45) is 5.92 Å². The molecule has 5 heteroatoms. The summed E-state index contributed by atoms with van der Waals surface area (Å²) in [7, 11) is 0. The van der Waals surface area contributed by atoms with Gasteiger partial charge in [-0.2, -0.15) is 0 Å². The minimum absolute atomic E-state index is 0.173. The van der Waals surface area contributed by atoms with Crippen LogP contribution in [0.4, 0.5) is 0 Å². The van der Waals surface area contributed by atoms with Crippen LogP contribution in [0.2, 0.25) is 0 Å². The lowest BCUT2D eigenvalue weighted by Crippen LogP contribution is -2.37. The van der Waals surface area contributed by atoms with Gasteiger partial charge in [-0.1, -0.05) is 12.1 Å². The number of benzene rings is 1. The third-order valence-electron chi connectivity index (χ3n) is 3.46. The van der Waals surface area contributed by atoms with Crippen LogP contribution < -0.4 is 5.32 Å². The largest absolute Gasteiger partial charge is 0.437 e. The number of aromatic nitrogens is 1. The van der Waals surface area contributed by atoms with Gasteiger partial charge in [-0.05, 0) is 30.9 Å². The first-order chi connectivity index (χ1) is 9.70. The van der Waals surface area contributed by atoms with E-state index in [1.807, 2.05) is 24.3 Å². The molecule has 0 spiro atoms.